The first-order valence-electron chi connectivity index (χ1n) is 6.10. The second kappa shape index (κ2) is 5.67. The van der Waals surface area contributed by atoms with E-state index in [1.807, 2.05) is 41.8 Å². The number of ether oxygens (including phenoxy) is 1. The molecule has 0 saturated heterocycles. The number of benzene rings is 2. The van der Waals surface area contributed by atoms with Crippen LogP contribution in [-0.4, -0.2) is 4.37 Å². The van der Waals surface area contributed by atoms with E-state index in [1.54, 1.807) is 0 Å². The van der Waals surface area contributed by atoms with Crippen LogP contribution in [0.4, 0.5) is 0 Å². The molecule has 0 amide bonds. The molecule has 1 aromatic heterocycles. The first-order chi connectivity index (χ1) is 9.43. The summed E-state index contributed by atoms with van der Waals surface area (Å²) in [6.07, 6.45) is 0. The number of aromatic nitrogens is 1. The molecule has 0 bridgehead atoms. The van der Waals surface area contributed by atoms with E-state index in [0.29, 0.717) is 12.5 Å². The summed E-state index contributed by atoms with van der Waals surface area (Å²) in [5.74, 6) is 0.708. The summed E-state index contributed by atoms with van der Waals surface area (Å²) < 4.78 is 10.1. The van der Waals surface area contributed by atoms with E-state index < -0.39 is 0 Å². The first-order valence-corrected chi connectivity index (χ1v) is 6.93. The lowest BCUT2D eigenvalue weighted by atomic mass is 10.1. The minimum absolute atomic E-state index is 0.546. The Kier molecular flexibility index (Phi) is 3.56. The summed E-state index contributed by atoms with van der Waals surface area (Å²) in [5, 5.41) is 2.02. The average Bonchev–Trinajstić information content (AvgIpc) is 2.95. The standard InChI is InChI=1S/C16H13NOS/c1-3-7-13(8-4-1)11-18-16-15(12-19-17-16)14-9-5-2-6-10-14/h1-10,12H,11H2. The van der Waals surface area contributed by atoms with E-state index >= 15 is 0 Å². The summed E-state index contributed by atoms with van der Waals surface area (Å²) in [5.41, 5.74) is 3.34. The molecule has 2 aromatic carbocycles. The quantitative estimate of drug-likeness (QED) is 0.699. The summed E-state index contributed by atoms with van der Waals surface area (Å²) in [4.78, 5) is 0. The van der Waals surface area contributed by atoms with Gasteiger partial charge in [0, 0.05) is 5.38 Å². The van der Waals surface area contributed by atoms with Gasteiger partial charge in [-0.15, -0.1) is 0 Å². The van der Waals surface area contributed by atoms with Crippen molar-refractivity contribution < 1.29 is 4.74 Å². The molecule has 0 aliphatic rings. The Balaban J connectivity index is 1.78. The van der Waals surface area contributed by atoms with Gasteiger partial charge in [-0.25, -0.2) is 0 Å². The number of hydrogen-bond acceptors (Lipinski definition) is 3. The lowest BCUT2D eigenvalue weighted by Crippen LogP contribution is -1.96. The van der Waals surface area contributed by atoms with Crippen molar-refractivity contribution in [3.8, 4) is 17.0 Å². The van der Waals surface area contributed by atoms with E-state index in [2.05, 4.69) is 28.6 Å². The molecule has 0 saturated carbocycles. The maximum Gasteiger partial charge on any atom is 0.233 e. The predicted molar refractivity (Wildman–Crippen MR) is 78.3 cm³/mol. The van der Waals surface area contributed by atoms with Gasteiger partial charge in [-0.1, -0.05) is 60.7 Å². The molecule has 0 aliphatic heterocycles. The highest BCUT2D eigenvalue weighted by Gasteiger charge is 2.09. The molecular formula is C16H13NOS. The maximum atomic E-state index is 5.82. The van der Waals surface area contributed by atoms with Crippen molar-refractivity contribution >= 4 is 11.5 Å². The summed E-state index contributed by atoms with van der Waals surface area (Å²) in [7, 11) is 0. The minimum atomic E-state index is 0.546. The van der Waals surface area contributed by atoms with Gasteiger partial charge in [0.25, 0.3) is 0 Å². The normalized spacial score (nSPS) is 10.3. The molecule has 19 heavy (non-hydrogen) atoms. The molecule has 2 nitrogen and oxygen atoms in total. The highest BCUT2D eigenvalue weighted by Crippen LogP contribution is 2.30. The Morgan fingerprint density at radius 3 is 2.32 bits per heavy atom. The van der Waals surface area contributed by atoms with Crippen LogP contribution in [0.5, 0.6) is 5.88 Å². The smallest absolute Gasteiger partial charge is 0.233 e. The van der Waals surface area contributed by atoms with E-state index in [0.717, 1.165) is 16.7 Å². The molecule has 0 spiro atoms. The monoisotopic (exact) mass is 267 g/mol. The van der Waals surface area contributed by atoms with E-state index in [4.69, 9.17) is 4.74 Å². The summed E-state index contributed by atoms with van der Waals surface area (Å²) in [6.45, 7) is 0.546. The average molecular weight is 267 g/mol. The molecular weight excluding hydrogens is 254 g/mol. The molecule has 3 rings (SSSR count). The van der Waals surface area contributed by atoms with Crippen LogP contribution in [0.25, 0.3) is 11.1 Å². The maximum absolute atomic E-state index is 5.82. The molecule has 0 fully saturated rings. The van der Waals surface area contributed by atoms with Gasteiger partial charge in [0.1, 0.15) is 6.61 Å². The van der Waals surface area contributed by atoms with Crippen LogP contribution < -0.4 is 4.74 Å². The Hall–Kier alpha value is -2.13. The zero-order valence-corrected chi connectivity index (χ0v) is 11.1. The fourth-order valence-corrected chi connectivity index (χ4v) is 2.51. The lowest BCUT2D eigenvalue weighted by Gasteiger charge is -2.06. The van der Waals surface area contributed by atoms with E-state index in [1.165, 1.54) is 11.5 Å². The Morgan fingerprint density at radius 2 is 1.58 bits per heavy atom. The largest absolute Gasteiger partial charge is 0.472 e. The van der Waals surface area contributed by atoms with Crippen LogP contribution in [0.1, 0.15) is 5.56 Å². The SMILES string of the molecule is c1ccc(COc2nscc2-c2ccccc2)cc1. The third-order valence-electron chi connectivity index (χ3n) is 2.84. The molecule has 94 valence electrons. The van der Waals surface area contributed by atoms with Crippen LogP contribution in [-0.2, 0) is 6.61 Å². The Labute approximate surface area is 116 Å². The molecule has 3 heteroatoms. The lowest BCUT2D eigenvalue weighted by molar-refractivity contribution is 0.298. The first kappa shape index (κ1) is 11.9. The van der Waals surface area contributed by atoms with Crippen LogP contribution >= 0.6 is 11.5 Å². The second-order valence-electron chi connectivity index (χ2n) is 4.17. The fraction of sp³-hybridized carbons (Fsp3) is 0.0625. The van der Waals surface area contributed by atoms with Gasteiger partial charge in [-0.05, 0) is 22.7 Å². The van der Waals surface area contributed by atoms with E-state index in [9.17, 15) is 0 Å². The minimum Gasteiger partial charge on any atom is -0.472 e. The van der Waals surface area contributed by atoms with Crippen LogP contribution in [0.3, 0.4) is 0 Å². The predicted octanol–water partition coefficient (Wildman–Crippen LogP) is 4.39. The van der Waals surface area contributed by atoms with Crippen molar-refractivity contribution in [2.45, 2.75) is 6.61 Å². The Bertz CT molecular complexity index is 634. The molecule has 3 aromatic rings. The van der Waals surface area contributed by atoms with Crippen molar-refractivity contribution in [2.24, 2.45) is 0 Å². The van der Waals surface area contributed by atoms with Crippen LogP contribution in [0.15, 0.2) is 66.0 Å². The molecule has 0 atom stereocenters. The molecule has 0 radical (unpaired) electrons. The number of rotatable bonds is 4. The topological polar surface area (TPSA) is 22.1 Å². The molecule has 0 N–H and O–H groups in total. The molecule has 1 heterocycles. The van der Waals surface area contributed by atoms with Gasteiger partial charge in [-0.3, -0.25) is 0 Å². The van der Waals surface area contributed by atoms with Gasteiger partial charge >= 0.3 is 0 Å². The van der Waals surface area contributed by atoms with Crippen LogP contribution in [0.2, 0.25) is 0 Å². The third-order valence-corrected chi connectivity index (χ3v) is 3.45. The zero-order valence-electron chi connectivity index (χ0n) is 10.3. The van der Waals surface area contributed by atoms with E-state index in [-0.39, 0.29) is 0 Å². The van der Waals surface area contributed by atoms with Crippen molar-refractivity contribution in [3.05, 3.63) is 71.6 Å². The molecule has 0 unspecified atom stereocenters. The second-order valence-corrected chi connectivity index (χ2v) is 4.80. The van der Waals surface area contributed by atoms with Crippen molar-refractivity contribution in [1.29, 1.82) is 0 Å². The summed E-state index contributed by atoms with van der Waals surface area (Å²) >= 11 is 1.42. The molecule has 0 aliphatic carbocycles. The van der Waals surface area contributed by atoms with Crippen molar-refractivity contribution in [1.82, 2.24) is 4.37 Å². The highest BCUT2D eigenvalue weighted by atomic mass is 32.1. The van der Waals surface area contributed by atoms with Gasteiger partial charge in [0.15, 0.2) is 0 Å². The van der Waals surface area contributed by atoms with Crippen molar-refractivity contribution in [2.75, 3.05) is 0 Å². The Morgan fingerprint density at radius 1 is 0.895 bits per heavy atom. The van der Waals surface area contributed by atoms with Crippen LogP contribution in [0, 0.1) is 0 Å². The van der Waals surface area contributed by atoms with Gasteiger partial charge in [-0.2, -0.15) is 4.37 Å². The zero-order chi connectivity index (χ0) is 12.9. The number of nitrogens with zero attached hydrogens (tertiary/aromatic N) is 1. The van der Waals surface area contributed by atoms with Crippen molar-refractivity contribution in [3.63, 3.8) is 0 Å². The van der Waals surface area contributed by atoms with Gasteiger partial charge in [0.05, 0.1) is 5.56 Å². The number of hydrogen-bond donors (Lipinski definition) is 0. The van der Waals surface area contributed by atoms with Gasteiger partial charge < -0.3 is 4.74 Å². The van der Waals surface area contributed by atoms with Gasteiger partial charge in [0.2, 0.25) is 5.88 Å². The highest BCUT2D eigenvalue weighted by molar-refractivity contribution is 7.04. The fourth-order valence-electron chi connectivity index (χ4n) is 1.87. The summed E-state index contributed by atoms with van der Waals surface area (Å²) in [6, 6.07) is 20.3. The third kappa shape index (κ3) is 2.83.